The molecule has 0 bridgehead atoms. The Morgan fingerprint density at radius 1 is 1.41 bits per heavy atom. The molecular formula is C13H15N5O3S. The molecule has 8 nitrogen and oxygen atoms in total. The summed E-state index contributed by atoms with van der Waals surface area (Å²) in [6.45, 7) is 0. The van der Waals surface area contributed by atoms with E-state index in [1.807, 2.05) is 6.07 Å². The minimum Gasteiger partial charge on any atom is -0.467 e. The van der Waals surface area contributed by atoms with Gasteiger partial charge in [0.1, 0.15) is 0 Å². The number of anilines is 1. The van der Waals surface area contributed by atoms with Crippen molar-refractivity contribution in [1.82, 2.24) is 20.5 Å². The number of aromatic nitrogens is 3. The lowest BCUT2D eigenvalue weighted by atomic mass is 10.1. The van der Waals surface area contributed by atoms with Gasteiger partial charge in [0.2, 0.25) is 17.0 Å². The third-order valence-electron chi connectivity index (χ3n) is 2.69. The zero-order valence-electron chi connectivity index (χ0n) is 11.8. The topological polar surface area (TPSA) is 123 Å². The molecule has 2 rings (SSSR count). The lowest BCUT2D eigenvalue weighted by Gasteiger charge is -2.16. The van der Waals surface area contributed by atoms with Crippen molar-refractivity contribution < 1.29 is 14.3 Å². The lowest BCUT2D eigenvalue weighted by molar-refractivity contribution is -0.145. The van der Waals surface area contributed by atoms with Crippen LogP contribution >= 0.6 is 11.8 Å². The number of rotatable bonds is 6. The van der Waals surface area contributed by atoms with E-state index in [0.717, 1.165) is 11.8 Å². The van der Waals surface area contributed by atoms with E-state index >= 15 is 0 Å². The number of H-pyrrole nitrogens is 1. The van der Waals surface area contributed by atoms with Crippen molar-refractivity contribution in [1.29, 1.82) is 0 Å². The first-order chi connectivity index (χ1) is 10.6. The quantitative estimate of drug-likeness (QED) is 0.523. The molecular weight excluding hydrogens is 306 g/mol. The standard InChI is InChI=1S/C13H15N5O3S/c1-21-11(20)10(8-5-3-2-4-6-8)15-9(19)7-22-13-16-12(14)17-18-13/h2-6,10H,7H2,1H3,(H,15,19)(H3,14,16,17,18)/t10-/m0/s1. The molecule has 1 aromatic carbocycles. The van der Waals surface area contributed by atoms with Crippen molar-refractivity contribution in [2.24, 2.45) is 0 Å². The van der Waals surface area contributed by atoms with E-state index in [2.05, 4.69) is 20.5 Å². The highest BCUT2D eigenvalue weighted by atomic mass is 32.2. The molecule has 1 atom stereocenters. The van der Waals surface area contributed by atoms with Crippen molar-refractivity contribution in [3.05, 3.63) is 35.9 Å². The number of hydrogen-bond donors (Lipinski definition) is 3. The number of nitrogens with zero attached hydrogens (tertiary/aromatic N) is 2. The summed E-state index contributed by atoms with van der Waals surface area (Å²) in [7, 11) is 1.27. The van der Waals surface area contributed by atoms with Gasteiger partial charge in [-0.1, -0.05) is 42.1 Å². The molecule has 0 aliphatic rings. The molecule has 0 saturated heterocycles. The second-order valence-electron chi connectivity index (χ2n) is 4.23. The predicted molar refractivity (Wildman–Crippen MR) is 80.9 cm³/mol. The molecule has 0 unspecified atom stereocenters. The van der Waals surface area contributed by atoms with Crippen LogP contribution in [0.25, 0.3) is 0 Å². The fraction of sp³-hybridized carbons (Fsp3) is 0.231. The number of methoxy groups -OCH3 is 1. The Kier molecular flexibility index (Phi) is 5.37. The highest BCUT2D eigenvalue weighted by molar-refractivity contribution is 7.99. The fourth-order valence-corrected chi connectivity index (χ4v) is 2.31. The number of benzene rings is 1. The van der Waals surface area contributed by atoms with Crippen LogP contribution in [0.5, 0.6) is 0 Å². The predicted octanol–water partition coefficient (Wildman–Crippen LogP) is 0.509. The van der Waals surface area contributed by atoms with Crippen molar-refractivity contribution in [2.45, 2.75) is 11.2 Å². The minimum atomic E-state index is -0.850. The summed E-state index contributed by atoms with van der Waals surface area (Å²) in [5, 5.41) is 9.28. The number of amides is 1. The highest BCUT2D eigenvalue weighted by Crippen LogP contribution is 2.16. The highest BCUT2D eigenvalue weighted by Gasteiger charge is 2.23. The van der Waals surface area contributed by atoms with Crippen LogP contribution in [0.2, 0.25) is 0 Å². The third kappa shape index (κ3) is 4.22. The molecule has 0 fully saturated rings. The molecule has 1 heterocycles. The fourth-order valence-electron chi connectivity index (χ4n) is 1.70. The molecule has 0 spiro atoms. The summed E-state index contributed by atoms with van der Waals surface area (Å²) >= 11 is 1.11. The first-order valence-corrected chi connectivity index (χ1v) is 7.31. The molecule has 1 aromatic heterocycles. The molecule has 116 valence electrons. The van der Waals surface area contributed by atoms with Crippen molar-refractivity contribution >= 4 is 29.6 Å². The Hall–Kier alpha value is -2.55. The maximum atomic E-state index is 12.0. The third-order valence-corrected chi connectivity index (χ3v) is 3.54. The number of carbonyl (C=O) groups excluding carboxylic acids is 2. The monoisotopic (exact) mass is 321 g/mol. The maximum absolute atomic E-state index is 12.0. The molecule has 1 amide bonds. The largest absolute Gasteiger partial charge is 0.467 e. The molecule has 0 radical (unpaired) electrons. The summed E-state index contributed by atoms with van der Waals surface area (Å²) in [4.78, 5) is 27.7. The number of thioether (sulfide) groups is 1. The molecule has 4 N–H and O–H groups in total. The first kappa shape index (κ1) is 15.8. The van der Waals surface area contributed by atoms with Crippen LogP contribution in [-0.4, -0.2) is 39.9 Å². The van der Waals surface area contributed by atoms with Gasteiger partial charge in [-0.15, -0.1) is 5.10 Å². The molecule has 0 saturated carbocycles. The van der Waals surface area contributed by atoms with E-state index in [1.54, 1.807) is 24.3 Å². The summed E-state index contributed by atoms with van der Waals surface area (Å²) < 4.78 is 4.73. The Morgan fingerprint density at radius 3 is 2.73 bits per heavy atom. The van der Waals surface area contributed by atoms with Crippen molar-refractivity contribution in [3.8, 4) is 0 Å². The molecule has 0 aliphatic heterocycles. The Balaban J connectivity index is 1.98. The maximum Gasteiger partial charge on any atom is 0.333 e. The minimum absolute atomic E-state index is 0.0532. The van der Waals surface area contributed by atoms with Gasteiger partial charge in [-0.3, -0.25) is 4.79 Å². The average molecular weight is 321 g/mol. The van der Waals surface area contributed by atoms with Crippen LogP contribution in [0.1, 0.15) is 11.6 Å². The molecule has 9 heteroatoms. The van der Waals surface area contributed by atoms with Gasteiger partial charge in [-0.25, -0.2) is 9.89 Å². The van der Waals surface area contributed by atoms with Gasteiger partial charge in [0.25, 0.3) is 0 Å². The van der Waals surface area contributed by atoms with Gasteiger partial charge < -0.3 is 15.8 Å². The van der Waals surface area contributed by atoms with Gasteiger partial charge >= 0.3 is 5.97 Å². The van der Waals surface area contributed by atoms with E-state index < -0.39 is 12.0 Å². The molecule has 22 heavy (non-hydrogen) atoms. The van der Waals surface area contributed by atoms with Crippen LogP contribution in [0.4, 0.5) is 5.95 Å². The van der Waals surface area contributed by atoms with Gasteiger partial charge in [0.05, 0.1) is 12.9 Å². The second kappa shape index (κ2) is 7.46. The van der Waals surface area contributed by atoms with E-state index in [4.69, 9.17) is 10.5 Å². The molecule has 0 aliphatic carbocycles. The first-order valence-electron chi connectivity index (χ1n) is 6.33. The number of hydrogen-bond acceptors (Lipinski definition) is 7. The van der Waals surface area contributed by atoms with Gasteiger partial charge in [0, 0.05) is 0 Å². The summed E-state index contributed by atoms with van der Waals surface area (Å²) in [6.07, 6.45) is 0. The number of nitrogen functional groups attached to an aromatic ring is 1. The van der Waals surface area contributed by atoms with E-state index in [9.17, 15) is 9.59 Å². The van der Waals surface area contributed by atoms with Crippen LogP contribution < -0.4 is 11.1 Å². The van der Waals surface area contributed by atoms with Crippen molar-refractivity contribution in [2.75, 3.05) is 18.6 Å². The number of nitrogens with one attached hydrogen (secondary N) is 2. The Bertz CT molecular complexity index is 646. The zero-order chi connectivity index (χ0) is 15.9. The Labute approximate surface area is 130 Å². The second-order valence-corrected chi connectivity index (χ2v) is 5.17. The number of ether oxygens (including phenoxy) is 1. The van der Waals surface area contributed by atoms with Gasteiger partial charge in [-0.2, -0.15) is 4.98 Å². The van der Waals surface area contributed by atoms with Crippen LogP contribution in [0, 0.1) is 0 Å². The van der Waals surface area contributed by atoms with Gasteiger partial charge in [-0.05, 0) is 5.56 Å². The number of nitrogens with two attached hydrogens (primary N) is 1. The Morgan fingerprint density at radius 2 is 2.14 bits per heavy atom. The van der Waals surface area contributed by atoms with E-state index in [1.165, 1.54) is 7.11 Å². The van der Waals surface area contributed by atoms with Crippen LogP contribution in [-0.2, 0) is 14.3 Å². The van der Waals surface area contributed by atoms with Gasteiger partial charge in [0.15, 0.2) is 6.04 Å². The SMILES string of the molecule is COC(=O)[C@@H](NC(=O)CSc1n[nH]c(N)n1)c1ccccc1. The zero-order valence-corrected chi connectivity index (χ0v) is 12.6. The van der Waals surface area contributed by atoms with Crippen LogP contribution in [0.3, 0.4) is 0 Å². The summed E-state index contributed by atoms with van der Waals surface area (Å²) in [5.74, 6) is -0.642. The van der Waals surface area contributed by atoms with Crippen molar-refractivity contribution in [3.63, 3.8) is 0 Å². The lowest BCUT2D eigenvalue weighted by Crippen LogP contribution is -2.35. The average Bonchev–Trinajstić information content (AvgIpc) is 2.96. The summed E-state index contributed by atoms with van der Waals surface area (Å²) in [5.41, 5.74) is 6.04. The number of aromatic amines is 1. The number of carbonyl (C=O) groups is 2. The molecule has 2 aromatic rings. The summed E-state index contributed by atoms with van der Waals surface area (Å²) in [6, 6.07) is 8.01. The van der Waals surface area contributed by atoms with E-state index in [-0.39, 0.29) is 17.6 Å². The number of esters is 1. The normalized spacial score (nSPS) is 11.7. The van der Waals surface area contributed by atoms with Crippen LogP contribution in [0.15, 0.2) is 35.5 Å². The smallest absolute Gasteiger partial charge is 0.333 e. The van der Waals surface area contributed by atoms with E-state index in [0.29, 0.717) is 10.7 Å².